The average Bonchev–Trinajstić information content (AvgIpc) is 2.85. The highest BCUT2D eigenvalue weighted by atomic mass is 15.1. The van der Waals surface area contributed by atoms with Gasteiger partial charge in [0.25, 0.3) is 0 Å². The first kappa shape index (κ1) is 19.7. The number of aryl methyl sites for hydroxylation is 2. The molecule has 3 aromatic carbocycles. The minimum Gasteiger partial charge on any atom is -0.233 e. The maximum absolute atomic E-state index is 4.75. The summed E-state index contributed by atoms with van der Waals surface area (Å²) in [5, 5.41) is 0. The zero-order chi connectivity index (χ0) is 21.9. The second-order valence-electron chi connectivity index (χ2n) is 7.70. The van der Waals surface area contributed by atoms with E-state index in [2.05, 4.69) is 48.1 Å². The molecule has 5 nitrogen and oxygen atoms in total. The van der Waals surface area contributed by atoms with E-state index in [1.54, 1.807) is 12.4 Å². The molecule has 0 aliphatic heterocycles. The van der Waals surface area contributed by atoms with Crippen molar-refractivity contribution in [2.45, 2.75) is 13.8 Å². The van der Waals surface area contributed by atoms with Crippen molar-refractivity contribution in [1.82, 2.24) is 24.9 Å². The molecule has 5 aromatic rings. The molecule has 0 aliphatic rings. The van der Waals surface area contributed by atoms with Crippen molar-refractivity contribution in [1.29, 1.82) is 0 Å². The number of hydrogen-bond acceptors (Lipinski definition) is 5. The van der Waals surface area contributed by atoms with Crippen LogP contribution in [0.1, 0.15) is 11.1 Å². The third kappa shape index (κ3) is 4.14. The van der Waals surface area contributed by atoms with E-state index in [0.29, 0.717) is 23.3 Å². The molecule has 0 atom stereocenters. The lowest BCUT2D eigenvalue weighted by atomic mass is 10.1. The minimum atomic E-state index is 0.450. The molecular formula is C27H21N5. The second-order valence-corrected chi connectivity index (χ2v) is 7.70. The van der Waals surface area contributed by atoms with Gasteiger partial charge in [-0.05, 0) is 19.4 Å². The fourth-order valence-corrected chi connectivity index (χ4v) is 3.36. The van der Waals surface area contributed by atoms with Crippen LogP contribution in [0.5, 0.6) is 0 Å². The number of hydrogen-bond donors (Lipinski definition) is 0. The summed E-state index contributed by atoms with van der Waals surface area (Å²) < 4.78 is 0. The first-order valence-corrected chi connectivity index (χ1v) is 10.4. The maximum atomic E-state index is 4.75. The van der Waals surface area contributed by atoms with E-state index in [9.17, 15) is 0 Å². The minimum absolute atomic E-state index is 0.450. The van der Waals surface area contributed by atoms with Crippen molar-refractivity contribution in [3.05, 3.63) is 102 Å². The highest BCUT2D eigenvalue weighted by Crippen LogP contribution is 2.24. The predicted molar refractivity (Wildman–Crippen MR) is 127 cm³/mol. The summed E-state index contributed by atoms with van der Waals surface area (Å²) in [6.45, 7) is 4.12. The Hall–Kier alpha value is -4.25. The average molecular weight is 416 g/mol. The summed E-state index contributed by atoms with van der Waals surface area (Å²) in [5.74, 6) is 2.11. The molecule has 154 valence electrons. The Balaban J connectivity index is 1.60. The summed E-state index contributed by atoms with van der Waals surface area (Å²) in [7, 11) is 0. The fraction of sp³-hybridized carbons (Fsp3) is 0.0741. The Labute approximate surface area is 186 Å². The van der Waals surface area contributed by atoms with Crippen LogP contribution in [-0.2, 0) is 0 Å². The molecule has 5 heteroatoms. The van der Waals surface area contributed by atoms with Crippen LogP contribution < -0.4 is 0 Å². The maximum Gasteiger partial charge on any atom is 0.201 e. The first-order chi connectivity index (χ1) is 15.7. The predicted octanol–water partition coefficient (Wildman–Crippen LogP) is 5.95. The van der Waals surface area contributed by atoms with E-state index in [1.807, 2.05) is 54.6 Å². The molecule has 2 heterocycles. The van der Waals surface area contributed by atoms with Crippen LogP contribution >= 0.6 is 0 Å². The Bertz CT molecular complexity index is 1280. The lowest BCUT2D eigenvalue weighted by molar-refractivity contribution is 1.03. The zero-order valence-electron chi connectivity index (χ0n) is 17.9. The van der Waals surface area contributed by atoms with Crippen LogP contribution in [0.3, 0.4) is 0 Å². The molecule has 0 spiro atoms. The van der Waals surface area contributed by atoms with E-state index < -0.39 is 0 Å². The van der Waals surface area contributed by atoms with E-state index in [4.69, 9.17) is 15.0 Å². The SMILES string of the molecule is Cc1ccc(-c2nc(-c3ccc(C)cc3)nc(-c3ncc(-c4ccccc4)cn3)n2)cc1. The molecule has 5 rings (SSSR count). The van der Waals surface area contributed by atoms with Crippen molar-refractivity contribution in [3.8, 4) is 45.6 Å². The molecular weight excluding hydrogens is 394 g/mol. The molecule has 0 bridgehead atoms. The molecule has 32 heavy (non-hydrogen) atoms. The largest absolute Gasteiger partial charge is 0.233 e. The summed E-state index contributed by atoms with van der Waals surface area (Å²) >= 11 is 0. The lowest BCUT2D eigenvalue weighted by Gasteiger charge is -2.08. The van der Waals surface area contributed by atoms with Gasteiger partial charge in [0.05, 0.1) is 0 Å². The van der Waals surface area contributed by atoms with E-state index in [-0.39, 0.29) is 0 Å². The smallest absolute Gasteiger partial charge is 0.201 e. The molecule has 0 N–H and O–H groups in total. The van der Waals surface area contributed by atoms with Gasteiger partial charge < -0.3 is 0 Å². The van der Waals surface area contributed by atoms with Gasteiger partial charge in [-0.25, -0.2) is 24.9 Å². The standard InChI is InChI=1S/C27H21N5/c1-18-8-12-21(13-9-18)24-30-25(22-14-10-19(2)11-15-22)32-27(31-24)26-28-16-23(17-29-26)20-6-4-3-5-7-20/h3-17H,1-2H3. The Morgan fingerprint density at radius 1 is 0.406 bits per heavy atom. The van der Waals surface area contributed by atoms with Crippen LogP contribution in [0.25, 0.3) is 45.6 Å². The molecule has 0 saturated heterocycles. The Morgan fingerprint density at radius 3 is 1.38 bits per heavy atom. The topological polar surface area (TPSA) is 64.5 Å². The third-order valence-corrected chi connectivity index (χ3v) is 5.21. The molecule has 0 saturated carbocycles. The Morgan fingerprint density at radius 2 is 0.875 bits per heavy atom. The van der Waals surface area contributed by atoms with Gasteiger partial charge in [-0.2, -0.15) is 0 Å². The monoisotopic (exact) mass is 415 g/mol. The molecule has 0 radical (unpaired) electrons. The van der Waals surface area contributed by atoms with Crippen LogP contribution in [0.15, 0.2) is 91.3 Å². The summed E-state index contributed by atoms with van der Waals surface area (Å²) in [5.41, 5.74) is 6.22. The van der Waals surface area contributed by atoms with Crippen molar-refractivity contribution in [2.75, 3.05) is 0 Å². The summed E-state index contributed by atoms with van der Waals surface area (Å²) in [4.78, 5) is 23.3. The third-order valence-electron chi connectivity index (χ3n) is 5.21. The quantitative estimate of drug-likeness (QED) is 0.363. The number of nitrogens with zero attached hydrogens (tertiary/aromatic N) is 5. The molecule has 0 amide bonds. The lowest BCUT2D eigenvalue weighted by Crippen LogP contribution is -2.02. The van der Waals surface area contributed by atoms with E-state index in [1.165, 1.54) is 11.1 Å². The van der Waals surface area contributed by atoms with Crippen molar-refractivity contribution >= 4 is 0 Å². The van der Waals surface area contributed by atoms with Gasteiger partial charge in [-0.15, -0.1) is 0 Å². The highest BCUT2D eigenvalue weighted by Gasteiger charge is 2.14. The van der Waals surface area contributed by atoms with Gasteiger partial charge in [0.1, 0.15) is 0 Å². The van der Waals surface area contributed by atoms with Gasteiger partial charge >= 0.3 is 0 Å². The zero-order valence-corrected chi connectivity index (χ0v) is 17.9. The molecule has 0 fully saturated rings. The van der Waals surface area contributed by atoms with Crippen LogP contribution in [0.4, 0.5) is 0 Å². The summed E-state index contributed by atoms with van der Waals surface area (Å²) in [6, 6.07) is 26.3. The van der Waals surface area contributed by atoms with Gasteiger partial charge in [0.2, 0.25) is 5.82 Å². The van der Waals surface area contributed by atoms with Gasteiger partial charge in [0.15, 0.2) is 17.5 Å². The van der Waals surface area contributed by atoms with Crippen molar-refractivity contribution in [2.24, 2.45) is 0 Å². The Kier molecular flexibility index (Phi) is 5.22. The molecule has 2 aromatic heterocycles. The van der Waals surface area contributed by atoms with Gasteiger partial charge in [-0.1, -0.05) is 90.0 Å². The highest BCUT2D eigenvalue weighted by molar-refractivity contribution is 5.66. The number of rotatable bonds is 4. The van der Waals surface area contributed by atoms with E-state index >= 15 is 0 Å². The van der Waals surface area contributed by atoms with Crippen molar-refractivity contribution in [3.63, 3.8) is 0 Å². The fourth-order valence-electron chi connectivity index (χ4n) is 3.36. The van der Waals surface area contributed by atoms with Gasteiger partial charge in [0, 0.05) is 29.1 Å². The van der Waals surface area contributed by atoms with Crippen LogP contribution in [0.2, 0.25) is 0 Å². The van der Waals surface area contributed by atoms with Crippen molar-refractivity contribution < 1.29 is 0 Å². The number of benzene rings is 3. The number of aromatic nitrogens is 5. The molecule has 0 unspecified atom stereocenters. The second kappa shape index (κ2) is 8.47. The van der Waals surface area contributed by atoms with Crippen LogP contribution in [-0.4, -0.2) is 24.9 Å². The van der Waals surface area contributed by atoms with Crippen LogP contribution in [0, 0.1) is 13.8 Å². The van der Waals surface area contributed by atoms with Gasteiger partial charge in [-0.3, -0.25) is 0 Å². The van der Waals surface area contributed by atoms with E-state index in [0.717, 1.165) is 22.3 Å². The summed E-state index contributed by atoms with van der Waals surface area (Å²) in [6.07, 6.45) is 3.61. The molecule has 0 aliphatic carbocycles. The normalized spacial score (nSPS) is 10.8. The first-order valence-electron chi connectivity index (χ1n) is 10.4.